The summed E-state index contributed by atoms with van der Waals surface area (Å²) in [4.78, 5) is 9.84. The van der Waals surface area contributed by atoms with E-state index in [0.717, 1.165) is 19.3 Å². The van der Waals surface area contributed by atoms with Crippen LogP contribution in [0.25, 0.3) is 0 Å². The molecule has 0 amide bonds. The van der Waals surface area contributed by atoms with E-state index in [9.17, 15) is 9.50 Å². The number of oxime groups is 1. The lowest BCUT2D eigenvalue weighted by Crippen LogP contribution is -2.59. The van der Waals surface area contributed by atoms with Gasteiger partial charge in [0, 0.05) is 23.0 Å². The van der Waals surface area contributed by atoms with Crippen molar-refractivity contribution in [3.05, 3.63) is 53.3 Å². The topological polar surface area (TPSA) is 59.6 Å². The molecule has 5 nitrogen and oxygen atoms in total. The Bertz CT molecular complexity index is 803. The smallest absolute Gasteiger partial charge is 0.173 e. The minimum absolute atomic E-state index is 0.202. The summed E-state index contributed by atoms with van der Waals surface area (Å²) in [6.07, 6.45) is 9.38. The Labute approximate surface area is 150 Å². The molecule has 132 valence electrons. The zero-order chi connectivity index (χ0) is 17.5. The maximum atomic E-state index is 14.5. The Kier molecular flexibility index (Phi) is 4.04. The molecule has 4 rings (SSSR count). The minimum Gasteiger partial charge on any atom is -0.385 e. The number of nitrogens with zero attached hydrogens (tertiary/aromatic N) is 3. The number of halogens is 2. The van der Waals surface area contributed by atoms with Gasteiger partial charge >= 0.3 is 0 Å². The summed E-state index contributed by atoms with van der Waals surface area (Å²) in [6, 6.07) is 4.36. The standard InChI is InChI=1S/C18H19ClFN3O2/c19-13-4-5-14(15(20)10-13)16-18(24,11-23-9-8-21-12-23)17(25-22-16)6-2-1-3-7-17/h4-5,8-10,12,24H,1-3,6-7,11H2. The molecule has 1 fully saturated rings. The van der Waals surface area contributed by atoms with Gasteiger partial charge in [-0.1, -0.05) is 23.2 Å². The Morgan fingerprint density at radius 2 is 2.08 bits per heavy atom. The molecule has 1 aliphatic carbocycles. The molecule has 2 aromatic rings. The molecule has 1 aromatic carbocycles. The lowest BCUT2D eigenvalue weighted by molar-refractivity contribution is -0.150. The molecule has 1 unspecified atom stereocenters. The number of hydrogen-bond acceptors (Lipinski definition) is 4. The van der Waals surface area contributed by atoms with Crippen LogP contribution in [0.15, 0.2) is 42.1 Å². The van der Waals surface area contributed by atoms with Crippen LogP contribution in [0.1, 0.15) is 37.7 Å². The molecule has 25 heavy (non-hydrogen) atoms. The van der Waals surface area contributed by atoms with Crippen molar-refractivity contribution in [3.8, 4) is 0 Å². The number of benzene rings is 1. The van der Waals surface area contributed by atoms with Crippen LogP contribution in [0.2, 0.25) is 5.02 Å². The molecular weight excluding hydrogens is 345 g/mol. The highest BCUT2D eigenvalue weighted by Crippen LogP contribution is 2.47. The van der Waals surface area contributed by atoms with Crippen molar-refractivity contribution in [2.24, 2.45) is 5.16 Å². The van der Waals surface area contributed by atoms with Gasteiger partial charge in [-0.2, -0.15) is 0 Å². The first kappa shape index (κ1) is 16.5. The van der Waals surface area contributed by atoms with Gasteiger partial charge in [0.2, 0.25) is 0 Å². The summed E-state index contributed by atoms with van der Waals surface area (Å²) >= 11 is 5.87. The van der Waals surface area contributed by atoms with Gasteiger partial charge in [-0.25, -0.2) is 9.37 Å². The predicted molar refractivity (Wildman–Crippen MR) is 92.0 cm³/mol. The average Bonchev–Trinajstić information content (AvgIpc) is 3.18. The van der Waals surface area contributed by atoms with E-state index in [2.05, 4.69) is 10.1 Å². The van der Waals surface area contributed by atoms with E-state index in [1.54, 1.807) is 35.4 Å². The van der Waals surface area contributed by atoms with Crippen LogP contribution in [-0.4, -0.2) is 31.6 Å². The Morgan fingerprint density at radius 3 is 2.76 bits per heavy atom. The SMILES string of the molecule is OC1(Cn2ccnc2)C(c2ccc(Cl)cc2F)=NOC12CCCCC2. The summed E-state index contributed by atoms with van der Waals surface area (Å²) < 4.78 is 16.3. The van der Waals surface area contributed by atoms with Crippen molar-refractivity contribution < 1.29 is 14.3 Å². The average molecular weight is 364 g/mol. The monoisotopic (exact) mass is 363 g/mol. The van der Waals surface area contributed by atoms with Crippen LogP contribution in [-0.2, 0) is 11.4 Å². The van der Waals surface area contributed by atoms with Gasteiger partial charge in [0.1, 0.15) is 11.5 Å². The largest absolute Gasteiger partial charge is 0.385 e. The molecule has 7 heteroatoms. The van der Waals surface area contributed by atoms with Crippen LogP contribution >= 0.6 is 11.6 Å². The molecule has 1 atom stereocenters. The van der Waals surface area contributed by atoms with Crippen molar-refractivity contribution in [2.75, 3.05) is 0 Å². The first-order valence-electron chi connectivity index (χ1n) is 8.44. The zero-order valence-corrected chi connectivity index (χ0v) is 14.4. The lowest BCUT2D eigenvalue weighted by Gasteiger charge is -2.42. The quantitative estimate of drug-likeness (QED) is 0.907. The molecule has 2 heterocycles. The van der Waals surface area contributed by atoms with Gasteiger partial charge in [-0.15, -0.1) is 0 Å². The maximum Gasteiger partial charge on any atom is 0.173 e. The highest BCUT2D eigenvalue weighted by molar-refractivity contribution is 6.30. The molecule has 1 saturated carbocycles. The van der Waals surface area contributed by atoms with Gasteiger partial charge in [-0.3, -0.25) is 0 Å². The molecule has 1 aliphatic heterocycles. The van der Waals surface area contributed by atoms with Crippen LogP contribution < -0.4 is 0 Å². The lowest BCUT2D eigenvalue weighted by atomic mass is 9.69. The van der Waals surface area contributed by atoms with Gasteiger partial charge in [0.25, 0.3) is 0 Å². The third kappa shape index (κ3) is 2.64. The van der Waals surface area contributed by atoms with Crippen LogP contribution in [0, 0.1) is 5.82 Å². The van der Waals surface area contributed by atoms with E-state index in [-0.39, 0.29) is 17.8 Å². The number of imidazole rings is 1. The van der Waals surface area contributed by atoms with Crippen LogP contribution in [0.5, 0.6) is 0 Å². The number of aromatic nitrogens is 2. The Morgan fingerprint density at radius 1 is 1.28 bits per heavy atom. The Balaban J connectivity index is 1.79. The summed E-state index contributed by atoms with van der Waals surface area (Å²) in [5, 5.41) is 16.2. The fourth-order valence-corrected chi connectivity index (χ4v) is 4.10. The molecule has 0 bridgehead atoms. The molecular formula is C18H19ClFN3O2. The van der Waals surface area contributed by atoms with E-state index in [1.807, 2.05) is 0 Å². The van der Waals surface area contributed by atoms with E-state index in [4.69, 9.17) is 16.4 Å². The summed E-state index contributed by atoms with van der Waals surface area (Å²) in [6.45, 7) is 0.202. The second-order valence-electron chi connectivity index (χ2n) is 6.81. The van der Waals surface area contributed by atoms with Crippen LogP contribution in [0.3, 0.4) is 0 Å². The third-order valence-corrected chi connectivity index (χ3v) is 5.51. The van der Waals surface area contributed by atoms with Crippen molar-refractivity contribution in [3.63, 3.8) is 0 Å². The highest BCUT2D eigenvalue weighted by Gasteiger charge is 2.61. The van der Waals surface area contributed by atoms with Crippen molar-refractivity contribution in [2.45, 2.75) is 49.9 Å². The van der Waals surface area contributed by atoms with E-state index < -0.39 is 17.0 Å². The van der Waals surface area contributed by atoms with Gasteiger partial charge in [0.05, 0.1) is 12.9 Å². The minimum atomic E-state index is -1.44. The molecule has 0 radical (unpaired) electrons. The first-order valence-corrected chi connectivity index (χ1v) is 8.82. The molecule has 2 aliphatic rings. The second-order valence-corrected chi connectivity index (χ2v) is 7.24. The maximum absolute atomic E-state index is 14.5. The van der Waals surface area contributed by atoms with Crippen molar-refractivity contribution in [1.29, 1.82) is 0 Å². The van der Waals surface area contributed by atoms with Gasteiger partial charge < -0.3 is 14.5 Å². The summed E-state index contributed by atoms with van der Waals surface area (Å²) in [7, 11) is 0. The normalized spacial score (nSPS) is 25.0. The first-order chi connectivity index (χ1) is 12.0. The number of rotatable bonds is 3. The van der Waals surface area contributed by atoms with Crippen LogP contribution in [0.4, 0.5) is 4.39 Å². The van der Waals surface area contributed by atoms with Crippen molar-refractivity contribution in [1.82, 2.24) is 9.55 Å². The van der Waals surface area contributed by atoms with Gasteiger partial charge in [0.15, 0.2) is 11.2 Å². The summed E-state index contributed by atoms with van der Waals surface area (Å²) in [5.41, 5.74) is -1.84. The molecule has 1 aromatic heterocycles. The fraction of sp³-hybridized carbons (Fsp3) is 0.444. The third-order valence-electron chi connectivity index (χ3n) is 5.28. The molecule has 0 saturated heterocycles. The number of hydrogen-bond donors (Lipinski definition) is 1. The second kappa shape index (κ2) is 6.11. The van der Waals surface area contributed by atoms with E-state index in [1.165, 1.54) is 6.07 Å². The predicted octanol–water partition coefficient (Wildman–Crippen LogP) is 3.54. The Hall–Kier alpha value is -1.92. The highest BCUT2D eigenvalue weighted by atomic mass is 35.5. The van der Waals surface area contributed by atoms with Crippen molar-refractivity contribution >= 4 is 17.3 Å². The zero-order valence-electron chi connectivity index (χ0n) is 13.7. The number of aliphatic hydroxyl groups is 1. The van der Waals surface area contributed by atoms with E-state index >= 15 is 0 Å². The molecule has 1 N–H and O–H groups in total. The van der Waals surface area contributed by atoms with E-state index in [0.29, 0.717) is 17.9 Å². The fourth-order valence-electron chi connectivity index (χ4n) is 3.94. The van der Waals surface area contributed by atoms with Gasteiger partial charge in [-0.05, 0) is 43.9 Å². The summed E-state index contributed by atoms with van der Waals surface area (Å²) in [5.74, 6) is -0.522. The molecule has 1 spiro atoms.